The topological polar surface area (TPSA) is 72.5 Å². The van der Waals surface area contributed by atoms with Gasteiger partial charge in [-0.1, -0.05) is 0 Å². The Hall–Kier alpha value is -3.13. The lowest BCUT2D eigenvalue weighted by Crippen LogP contribution is -2.19. The van der Waals surface area contributed by atoms with Crippen molar-refractivity contribution in [2.24, 2.45) is 0 Å². The fraction of sp³-hybridized carbons (Fsp3) is 0.111. The van der Waals surface area contributed by atoms with Crippen molar-refractivity contribution >= 4 is 28.2 Å². The molecule has 0 aliphatic rings. The zero-order valence-corrected chi connectivity index (χ0v) is 14.9. The van der Waals surface area contributed by atoms with E-state index in [9.17, 15) is 9.18 Å². The van der Waals surface area contributed by atoms with Gasteiger partial charge in [0, 0.05) is 16.6 Å². The van der Waals surface area contributed by atoms with Crippen molar-refractivity contribution < 1.29 is 18.7 Å². The lowest BCUT2D eigenvalue weighted by atomic mass is 10.1. The van der Waals surface area contributed by atoms with E-state index in [1.807, 2.05) is 17.5 Å². The Labute approximate surface area is 153 Å². The van der Waals surface area contributed by atoms with Crippen molar-refractivity contribution in [3.05, 3.63) is 53.7 Å². The molecule has 0 aliphatic heterocycles. The third-order valence-electron chi connectivity index (χ3n) is 3.51. The van der Waals surface area contributed by atoms with Crippen molar-refractivity contribution in [3.8, 4) is 22.8 Å². The van der Waals surface area contributed by atoms with Gasteiger partial charge in [0.05, 0.1) is 19.9 Å². The number of hydrogen-bond donors (Lipinski definition) is 2. The van der Waals surface area contributed by atoms with Crippen LogP contribution in [-0.4, -0.2) is 25.2 Å². The van der Waals surface area contributed by atoms with E-state index in [4.69, 9.17) is 9.47 Å². The molecule has 2 aromatic carbocycles. The Bertz CT molecular complexity index is 912. The smallest absolute Gasteiger partial charge is 0.325 e. The Morgan fingerprint density at radius 2 is 1.77 bits per heavy atom. The molecule has 134 valence electrons. The maximum atomic E-state index is 12.9. The molecule has 26 heavy (non-hydrogen) atoms. The summed E-state index contributed by atoms with van der Waals surface area (Å²) in [7, 11) is 3.14. The van der Waals surface area contributed by atoms with Crippen LogP contribution in [0.2, 0.25) is 0 Å². The molecule has 1 heterocycles. The average Bonchev–Trinajstić information content (AvgIpc) is 3.11. The molecule has 2 N–H and O–H groups in total. The highest BCUT2D eigenvalue weighted by Gasteiger charge is 2.11. The van der Waals surface area contributed by atoms with E-state index >= 15 is 0 Å². The van der Waals surface area contributed by atoms with Gasteiger partial charge in [-0.15, -0.1) is 11.3 Å². The fourth-order valence-electron chi connectivity index (χ4n) is 2.25. The van der Waals surface area contributed by atoms with E-state index in [1.165, 1.54) is 35.6 Å². The molecular weight excluding hydrogens is 357 g/mol. The lowest BCUT2D eigenvalue weighted by molar-refractivity contribution is 0.262. The Balaban J connectivity index is 1.69. The number of anilines is 2. The zero-order valence-electron chi connectivity index (χ0n) is 14.1. The van der Waals surface area contributed by atoms with Crippen LogP contribution in [0, 0.1) is 5.82 Å². The minimum atomic E-state index is -0.454. The van der Waals surface area contributed by atoms with Gasteiger partial charge in [0.15, 0.2) is 16.6 Å². The van der Waals surface area contributed by atoms with Crippen molar-refractivity contribution in [1.82, 2.24) is 4.98 Å². The summed E-state index contributed by atoms with van der Waals surface area (Å²) in [6, 6.07) is 10.5. The molecule has 0 atom stereocenters. The van der Waals surface area contributed by atoms with Crippen molar-refractivity contribution in [1.29, 1.82) is 0 Å². The van der Waals surface area contributed by atoms with E-state index in [2.05, 4.69) is 15.6 Å². The van der Waals surface area contributed by atoms with Gasteiger partial charge in [-0.05, 0) is 42.5 Å². The molecule has 0 aliphatic carbocycles. The van der Waals surface area contributed by atoms with E-state index < -0.39 is 6.03 Å². The number of hydrogen-bond acceptors (Lipinski definition) is 5. The molecule has 2 amide bonds. The van der Waals surface area contributed by atoms with Crippen LogP contribution >= 0.6 is 11.3 Å². The first-order chi connectivity index (χ1) is 12.6. The van der Waals surface area contributed by atoms with E-state index in [1.54, 1.807) is 20.3 Å². The number of methoxy groups -OCH3 is 2. The summed E-state index contributed by atoms with van der Waals surface area (Å²) in [6.45, 7) is 0. The number of benzene rings is 2. The predicted octanol–water partition coefficient (Wildman–Crippen LogP) is 4.61. The van der Waals surface area contributed by atoms with Crippen LogP contribution in [0.3, 0.4) is 0 Å². The molecule has 0 saturated carbocycles. The molecule has 0 bridgehead atoms. The molecule has 0 unspecified atom stereocenters. The van der Waals surface area contributed by atoms with Crippen LogP contribution in [0.5, 0.6) is 11.5 Å². The number of nitrogens with one attached hydrogen (secondary N) is 2. The lowest BCUT2D eigenvalue weighted by Gasteiger charge is -2.08. The number of rotatable bonds is 5. The zero-order chi connectivity index (χ0) is 18.5. The highest BCUT2D eigenvalue weighted by Crippen LogP contribution is 2.33. The molecule has 1 aromatic heterocycles. The number of carbonyl (C=O) groups is 1. The normalized spacial score (nSPS) is 10.3. The monoisotopic (exact) mass is 373 g/mol. The largest absolute Gasteiger partial charge is 0.493 e. The van der Waals surface area contributed by atoms with Gasteiger partial charge in [-0.2, -0.15) is 0 Å². The summed E-state index contributed by atoms with van der Waals surface area (Å²) in [4.78, 5) is 16.4. The molecule has 8 heteroatoms. The molecule has 0 spiro atoms. The summed E-state index contributed by atoms with van der Waals surface area (Å²) in [5, 5.41) is 7.53. The molecule has 0 saturated heterocycles. The van der Waals surface area contributed by atoms with Gasteiger partial charge in [0.25, 0.3) is 0 Å². The van der Waals surface area contributed by atoms with Crippen molar-refractivity contribution in [3.63, 3.8) is 0 Å². The average molecular weight is 373 g/mol. The molecule has 0 radical (unpaired) electrons. The highest BCUT2D eigenvalue weighted by atomic mass is 32.1. The van der Waals surface area contributed by atoms with Gasteiger partial charge < -0.3 is 14.8 Å². The standard InChI is InChI=1S/C18H16FN3O3S/c1-24-15-8-3-11(9-16(15)25-2)14-10-26-18(21-14)22-17(23)20-13-6-4-12(19)5-7-13/h3-10H,1-2H3,(H2,20,21,22,23). The number of amides is 2. The first kappa shape index (κ1) is 17.7. The van der Waals surface area contributed by atoms with Crippen LogP contribution in [0.25, 0.3) is 11.3 Å². The third-order valence-corrected chi connectivity index (χ3v) is 4.26. The Morgan fingerprint density at radius 3 is 2.46 bits per heavy atom. The second-order valence-corrected chi connectivity index (χ2v) is 6.05. The van der Waals surface area contributed by atoms with Gasteiger partial charge in [-0.25, -0.2) is 14.2 Å². The van der Waals surface area contributed by atoms with E-state index in [-0.39, 0.29) is 5.82 Å². The number of ether oxygens (including phenoxy) is 2. The summed E-state index contributed by atoms with van der Waals surface area (Å²) in [6.07, 6.45) is 0. The number of carbonyl (C=O) groups excluding carboxylic acids is 1. The maximum absolute atomic E-state index is 12.9. The van der Waals surface area contributed by atoms with Crippen LogP contribution in [0.4, 0.5) is 20.0 Å². The first-order valence-corrected chi connectivity index (χ1v) is 8.48. The molecule has 0 fully saturated rings. The predicted molar refractivity (Wildman–Crippen MR) is 99.7 cm³/mol. The summed E-state index contributed by atoms with van der Waals surface area (Å²) in [5.41, 5.74) is 2.03. The summed E-state index contributed by atoms with van der Waals surface area (Å²) < 4.78 is 23.4. The van der Waals surface area contributed by atoms with Crippen LogP contribution in [0.15, 0.2) is 47.8 Å². The second-order valence-electron chi connectivity index (χ2n) is 5.19. The number of halogens is 1. The Kier molecular flexibility index (Phi) is 5.33. The summed E-state index contributed by atoms with van der Waals surface area (Å²) in [5.74, 6) is 0.862. The van der Waals surface area contributed by atoms with Crippen LogP contribution in [-0.2, 0) is 0 Å². The summed E-state index contributed by atoms with van der Waals surface area (Å²) >= 11 is 1.29. The number of urea groups is 1. The minimum Gasteiger partial charge on any atom is -0.493 e. The third kappa shape index (κ3) is 4.09. The Morgan fingerprint density at radius 1 is 1.04 bits per heavy atom. The van der Waals surface area contributed by atoms with Gasteiger partial charge in [0.1, 0.15) is 5.82 Å². The van der Waals surface area contributed by atoms with Gasteiger partial charge >= 0.3 is 6.03 Å². The molecule has 3 rings (SSSR count). The quantitative estimate of drug-likeness (QED) is 0.685. The first-order valence-electron chi connectivity index (χ1n) is 7.60. The van der Waals surface area contributed by atoms with Crippen LogP contribution in [0.1, 0.15) is 0 Å². The number of aromatic nitrogens is 1. The minimum absolute atomic E-state index is 0.365. The molecular formula is C18H16FN3O3S. The fourth-order valence-corrected chi connectivity index (χ4v) is 2.97. The van der Waals surface area contributed by atoms with Crippen LogP contribution < -0.4 is 20.1 Å². The number of nitrogens with zero attached hydrogens (tertiary/aromatic N) is 1. The van der Waals surface area contributed by atoms with Gasteiger partial charge in [0.2, 0.25) is 0 Å². The highest BCUT2D eigenvalue weighted by molar-refractivity contribution is 7.14. The second kappa shape index (κ2) is 7.83. The van der Waals surface area contributed by atoms with E-state index in [0.717, 1.165) is 5.56 Å². The molecule has 3 aromatic rings. The van der Waals surface area contributed by atoms with Crippen molar-refractivity contribution in [2.45, 2.75) is 0 Å². The molecule has 6 nitrogen and oxygen atoms in total. The van der Waals surface area contributed by atoms with Crippen molar-refractivity contribution in [2.75, 3.05) is 24.9 Å². The van der Waals surface area contributed by atoms with Gasteiger partial charge in [-0.3, -0.25) is 5.32 Å². The SMILES string of the molecule is COc1ccc(-c2csc(NC(=O)Nc3ccc(F)cc3)n2)cc1OC. The van der Waals surface area contributed by atoms with E-state index in [0.29, 0.717) is 28.0 Å². The maximum Gasteiger partial charge on any atom is 0.325 e. The number of thiazole rings is 1.